The zero-order valence-electron chi connectivity index (χ0n) is 11.3. The van der Waals surface area contributed by atoms with Crippen molar-refractivity contribution in [3.05, 3.63) is 0 Å². The lowest BCUT2D eigenvalue weighted by Crippen LogP contribution is -2.64. The minimum atomic E-state index is 0.114. The predicted molar refractivity (Wildman–Crippen MR) is 69.0 cm³/mol. The second kappa shape index (κ2) is 4.84. The smallest absolute Gasteiger partial charge is 0.317 e. The number of nitrogens with one attached hydrogen (secondary N) is 1. The maximum Gasteiger partial charge on any atom is 0.317 e. The molecule has 0 unspecified atom stereocenters. The summed E-state index contributed by atoms with van der Waals surface area (Å²) in [5, 5.41) is 2.96. The van der Waals surface area contributed by atoms with Crippen molar-refractivity contribution in [2.45, 2.75) is 39.7 Å². The van der Waals surface area contributed by atoms with Gasteiger partial charge >= 0.3 is 6.03 Å². The van der Waals surface area contributed by atoms with Gasteiger partial charge in [-0.1, -0.05) is 6.92 Å². The maximum absolute atomic E-state index is 11.8. The molecule has 1 N–H and O–H groups in total. The van der Waals surface area contributed by atoms with Crippen molar-refractivity contribution in [1.29, 1.82) is 0 Å². The van der Waals surface area contributed by atoms with Gasteiger partial charge in [0.05, 0.1) is 0 Å². The molecule has 17 heavy (non-hydrogen) atoms. The number of nitrogens with zero attached hydrogens (tertiary/aromatic N) is 2. The van der Waals surface area contributed by atoms with E-state index < -0.39 is 0 Å². The van der Waals surface area contributed by atoms with Crippen molar-refractivity contribution in [2.75, 3.05) is 32.7 Å². The molecular weight excluding hydrogens is 214 g/mol. The van der Waals surface area contributed by atoms with Crippen LogP contribution < -0.4 is 5.32 Å². The summed E-state index contributed by atoms with van der Waals surface area (Å²) in [6.45, 7) is 11.7. The third-order valence-corrected chi connectivity index (χ3v) is 4.12. The first kappa shape index (κ1) is 12.7. The third kappa shape index (κ3) is 2.73. The van der Waals surface area contributed by atoms with Crippen molar-refractivity contribution in [3.63, 3.8) is 0 Å². The Morgan fingerprint density at radius 1 is 1.29 bits per heavy atom. The molecule has 2 amide bonds. The molecule has 2 rings (SSSR count). The molecule has 0 saturated carbocycles. The Bertz CT molecular complexity index is 274. The summed E-state index contributed by atoms with van der Waals surface area (Å²) in [7, 11) is 0. The van der Waals surface area contributed by atoms with Crippen LogP contribution in [0.25, 0.3) is 0 Å². The van der Waals surface area contributed by atoms with Crippen LogP contribution in [0.2, 0.25) is 0 Å². The summed E-state index contributed by atoms with van der Waals surface area (Å²) >= 11 is 0. The first-order chi connectivity index (χ1) is 8.04. The lowest BCUT2D eigenvalue weighted by atomic mass is 9.72. The summed E-state index contributed by atoms with van der Waals surface area (Å²) in [5.41, 5.74) is 0.444. The van der Waals surface area contributed by atoms with Crippen LogP contribution in [0.1, 0.15) is 33.6 Å². The number of urea groups is 1. The molecule has 98 valence electrons. The lowest BCUT2D eigenvalue weighted by Gasteiger charge is -2.53. The van der Waals surface area contributed by atoms with Crippen molar-refractivity contribution in [3.8, 4) is 0 Å². The molecule has 0 aromatic carbocycles. The van der Waals surface area contributed by atoms with Crippen LogP contribution in [-0.2, 0) is 0 Å². The fraction of sp³-hybridized carbons (Fsp3) is 0.923. The summed E-state index contributed by atoms with van der Waals surface area (Å²) < 4.78 is 0. The number of hydrogen-bond acceptors (Lipinski definition) is 2. The van der Waals surface area contributed by atoms with E-state index in [1.807, 2.05) is 18.7 Å². The standard InChI is InChI=1S/C13H25N3O/c1-4-15-7-5-13(6-8-15)9-16(10-13)12(17)14-11(2)3/h11H,4-10H2,1-3H3,(H,14,17). The molecule has 0 bridgehead atoms. The van der Waals surface area contributed by atoms with Crippen LogP contribution >= 0.6 is 0 Å². The van der Waals surface area contributed by atoms with E-state index in [1.54, 1.807) is 0 Å². The van der Waals surface area contributed by atoms with E-state index in [-0.39, 0.29) is 12.1 Å². The fourth-order valence-corrected chi connectivity index (χ4v) is 2.91. The highest BCUT2D eigenvalue weighted by atomic mass is 16.2. The highest BCUT2D eigenvalue weighted by molar-refractivity contribution is 5.75. The minimum Gasteiger partial charge on any atom is -0.336 e. The lowest BCUT2D eigenvalue weighted by molar-refractivity contribution is -0.0208. The third-order valence-electron chi connectivity index (χ3n) is 4.12. The normalized spacial score (nSPS) is 23.9. The highest BCUT2D eigenvalue weighted by Gasteiger charge is 2.46. The van der Waals surface area contributed by atoms with Crippen LogP contribution in [0.4, 0.5) is 4.79 Å². The molecular formula is C13H25N3O. The molecule has 0 aromatic rings. The van der Waals surface area contributed by atoms with E-state index in [9.17, 15) is 4.79 Å². The zero-order chi connectivity index (χ0) is 12.5. The van der Waals surface area contributed by atoms with Gasteiger partial charge in [0.2, 0.25) is 0 Å². The molecule has 2 aliphatic heterocycles. The van der Waals surface area contributed by atoms with Gasteiger partial charge in [0, 0.05) is 24.5 Å². The fourth-order valence-electron chi connectivity index (χ4n) is 2.91. The molecule has 2 aliphatic rings. The van der Waals surface area contributed by atoms with E-state index in [2.05, 4.69) is 17.1 Å². The molecule has 2 saturated heterocycles. The SMILES string of the molecule is CCN1CCC2(CC1)CN(C(=O)NC(C)C)C2. The van der Waals surface area contributed by atoms with Crippen molar-refractivity contribution < 1.29 is 4.79 Å². The van der Waals surface area contributed by atoms with Crippen molar-refractivity contribution in [1.82, 2.24) is 15.1 Å². The molecule has 1 spiro atoms. The van der Waals surface area contributed by atoms with E-state index in [0.29, 0.717) is 5.41 Å². The topological polar surface area (TPSA) is 35.6 Å². The minimum absolute atomic E-state index is 0.114. The van der Waals surface area contributed by atoms with Gasteiger partial charge in [-0.05, 0) is 46.3 Å². The van der Waals surface area contributed by atoms with Crippen LogP contribution in [0.15, 0.2) is 0 Å². The summed E-state index contributed by atoms with van der Waals surface area (Å²) in [6.07, 6.45) is 2.51. The van der Waals surface area contributed by atoms with Crippen LogP contribution in [0.3, 0.4) is 0 Å². The van der Waals surface area contributed by atoms with Gasteiger partial charge in [-0.15, -0.1) is 0 Å². The van der Waals surface area contributed by atoms with E-state index >= 15 is 0 Å². The number of likely N-dealkylation sites (tertiary alicyclic amines) is 2. The van der Waals surface area contributed by atoms with Crippen LogP contribution in [0.5, 0.6) is 0 Å². The highest BCUT2D eigenvalue weighted by Crippen LogP contribution is 2.40. The second-order valence-corrected chi connectivity index (χ2v) is 5.89. The number of amides is 2. The van der Waals surface area contributed by atoms with Gasteiger partial charge in [-0.25, -0.2) is 4.79 Å². The Labute approximate surface area is 104 Å². The number of hydrogen-bond donors (Lipinski definition) is 1. The molecule has 2 fully saturated rings. The Morgan fingerprint density at radius 3 is 2.35 bits per heavy atom. The van der Waals surface area contributed by atoms with E-state index in [1.165, 1.54) is 25.9 Å². The van der Waals surface area contributed by atoms with Crippen LogP contribution in [0, 0.1) is 5.41 Å². The Morgan fingerprint density at radius 2 is 1.88 bits per heavy atom. The molecule has 4 heteroatoms. The van der Waals surface area contributed by atoms with Gasteiger partial charge in [0.15, 0.2) is 0 Å². The summed E-state index contributed by atoms with van der Waals surface area (Å²) in [5.74, 6) is 0. The Hall–Kier alpha value is -0.770. The summed E-state index contributed by atoms with van der Waals surface area (Å²) in [6, 6.07) is 0.351. The molecule has 2 heterocycles. The van der Waals surface area contributed by atoms with Gasteiger partial charge in [-0.3, -0.25) is 0 Å². The van der Waals surface area contributed by atoms with Gasteiger partial charge < -0.3 is 15.1 Å². The molecule has 4 nitrogen and oxygen atoms in total. The number of carbonyl (C=O) groups excluding carboxylic acids is 1. The van der Waals surface area contributed by atoms with Crippen molar-refractivity contribution >= 4 is 6.03 Å². The van der Waals surface area contributed by atoms with E-state index in [0.717, 1.165) is 19.6 Å². The Kier molecular flexibility index (Phi) is 3.61. The Balaban J connectivity index is 1.76. The van der Waals surface area contributed by atoms with E-state index in [4.69, 9.17) is 0 Å². The number of carbonyl (C=O) groups is 1. The number of piperidine rings is 1. The van der Waals surface area contributed by atoms with Gasteiger partial charge in [0.25, 0.3) is 0 Å². The summed E-state index contributed by atoms with van der Waals surface area (Å²) in [4.78, 5) is 16.2. The largest absolute Gasteiger partial charge is 0.336 e. The molecule has 0 atom stereocenters. The molecule has 0 radical (unpaired) electrons. The van der Waals surface area contributed by atoms with Gasteiger partial charge in [-0.2, -0.15) is 0 Å². The maximum atomic E-state index is 11.8. The quantitative estimate of drug-likeness (QED) is 0.793. The predicted octanol–water partition coefficient (Wildman–Crippen LogP) is 1.52. The molecule has 0 aliphatic carbocycles. The van der Waals surface area contributed by atoms with Gasteiger partial charge in [0.1, 0.15) is 0 Å². The monoisotopic (exact) mass is 239 g/mol. The average molecular weight is 239 g/mol. The first-order valence-electron chi connectivity index (χ1n) is 6.82. The van der Waals surface area contributed by atoms with Crippen molar-refractivity contribution in [2.24, 2.45) is 5.41 Å². The number of rotatable bonds is 2. The van der Waals surface area contributed by atoms with Crippen LogP contribution in [-0.4, -0.2) is 54.6 Å². The zero-order valence-corrected chi connectivity index (χ0v) is 11.3. The second-order valence-electron chi connectivity index (χ2n) is 5.89. The first-order valence-corrected chi connectivity index (χ1v) is 6.82. The average Bonchev–Trinajstić information content (AvgIpc) is 2.25. The molecule has 0 aromatic heterocycles.